The van der Waals surface area contributed by atoms with Crippen molar-refractivity contribution in [3.63, 3.8) is 0 Å². The van der Waals surface area contributed by atoms with Gasteiger partial charge in [-0.3, -0.25) is 14.5 Å². The van der Waals surface area contributed by atoms with Crippen LogP contribution in [0.3, 0.4) is 0 Å². The van der Waals surface area contributed by atoms with E-state index in [9.17, 15) is 9.59 Å². The van der Waals surface area contributed by atoms with E-state index in [0.29, 0.717) is 6.42 Å². The first-order valence-corrected chi connectivity index (χ1v) is 5.11. The summed E-state index contributed by atoms with van der Waals surface area (Å²) in [6.45, 7) is 3.57. The summed E-state index contributed by atoms with van der Waals surface area (Å²) in [5.41, 5.74) is 0. The lowest BCUT2D eigenvalue weighted by molar-refractivity contribution is -0.144. The van der Waals surface area contributed by atoms with E-state index >= 15 is 0 Å². The first kappa shape index (κ1) is 14.5. The van der Waals surface area contributed by atoms with Gasteiger partial charge in [0.1, 0.15) is 6.04 Å². The molecule has 1 amide bonds. The number of nitrogens with zero attached hydrogens (tertiary/aromatic N) is 1. The average molecular weight is 226 g/mol. The summed E-state index contributed by atoms with van der Waals surface area (Å²) in [6.07, 6.45) is 5.46. The Bertz CT molecular complexity index is 296. The number of terminal acetylenes is 1. The van der Waals surface area contributed by atoms with E-state index in [1.165, 1.54) is 4.90 Å². The van der Waals surface area contributed by atoms with E-state index < -0.39 is 18.1 Å². The van der Waals surface area contributed by atoms with Gasteiger partial charge in [-0.1, -0.05) is 12.8 Å². The molecule has 16 heavy (non-hydrogen) atoms. The van der Waals surface area contributed by atoms with Crippen molar-refractivity contribution in [1.82, 2.24) is 10.2 Å². The normalized spacial score (nSPS) is 13.9. The predicted molar refractivity (Wildman–Crippen MR) is 60.8 cm³/mol. The predicted octanol–water partition coefficient (Wildman–Crippen LogP) is -0.0807. The van der Waals surface area contributed by atoms with Crippen LogP contribution in [0.25, 0.3) is 0 Å². The molecule has 2 N–H and O–H groups in total. The molecule has 0 aliphatic rings. The van der Waals surface area contributed by atoms with Gasteiger partial charge in [-0.2, -0.15) is 0 Å². The van der Waals surface area contributed by atoms with Crippen LogP contribution in [0, 0.1) is 12.3 Å². The van der Waals surface area contributed by atoms with Gasteiger partial charge >= 0.3 is 5.97 Å². The van der Waals surface area contributed by atoms with Crippen molar-refractivity contribution >= 4 is 11.9 Å². The molecule has 0 spiro atoms. The molecule has 0 aromatic heterocycles. The number of carbonyl (C=O) groups excluding carboxylic acids is 1. The van der Waals surface area contributed by atoms with Crippen molar-refractivity contribution in [1.29, 1.82) is 0 Å². The van der Waals surface area contributed by atoms with Crippen molar-refractivity contribution in [2.75, 3.05) is 13.6 Å². The minimum Gasteiger partial charge on any atom is -0.480 e. The standard InChI is InChI=1S/C11H18N2O3/c1-5-7-12-10(14)8(3)13(4)9(6-2)11(15)16/h1,8-9H,6-7H2,2-4H3,(H,12,14)(H,15,16). The number of hydrogen-bond acceptors (Lipinski definition) is 3. The fourth-order valence-corrected chi connectivity index (χ4v) is 1.38. The molecule has 0 saturated heterocycles. The maximum Gasteiger partial charge on any atom is 0.320 e. The smallest absolute Gasteiger partial charge is 0.320 e. The summed E-state index contributed by atoms with van der Waals surface area (Å²) in [6, 6.07) is -1.18. The van der Waals surface area contributed by atoms with Gasteiger partial charge in [0.25, 0.3) is 0 Å². The Hall–Kier alpha value is -1.54. The summed E-state index contributed by atoms with van der Waals surface area (Å²) < 4.78 is 0. The van der Waals surface area contributed by atoms with Crippen LogP contribution in [0.2, 0.25) is 0 Å². The molecule has 90 valence electrons. The van der Waals surface area contributed by atoms with Gasteiger partial charge < -0.3 is 10.4 Å². The van der Waals surface area contributed by atoms with E-state index in [2.05, 4.69) is 11.2 Å². The van der Waals surface area contributed by atoms with Crippen LogP contribution in [0.5, 0.6) is 0 Å². The summed E-state index contributed by atoms with van der Waals surface area (Å²) in [4.78, 5) is 24.0. The van der Waals surface area contributed by atoms with Crippen LogP contribution in [-0.2, 0) is 9.59 Å². The lowest BCUT2D eigenvalue weighted by atomic mass is 10.1. The van der Waals surface area contributed by atoms with Gasteiger partial charge in [-0.15, -0.1) is 6.42 Å². The van der Waals surface area contributed by atoms with Crippen molar-refractivity contribution in [2.45, 2.75) is 32.4 Å². The number of nitrogens with one attached hydrogen (secondary N) is 1. The maximum atomic E-state index is 11.5. The zero-order chi connectivity index (χ0) is 12.7. The Morgan fingerprint density at radius 3 is 2.50 bits per heavy atom. The molecule has 5 heteroatoms. The van der Waals surface area contributed by atoms with E-state index in [1.807, 2.05) is 0 Å². The molecule has 2 unspecified atom stereocenters. The van der Waals surface area contributed by atoms with E-state index in [1.54, 1.807) is 20.9 Å². The van der Waals surface area contributed by atoms with Crippen molar-refractivity contribution in [3.05, 3.63) is 0 Å². The number of carbonyl (C=O) groups is 2. The summed E-state index contributed by atoms with van der Waals surface area (Å²) in [5, 5.41) is 11.5. The number of rotatable bonds is 6. The largest absolute Gasteiger partial charge is 0.480 e. The summed E-state index contributed by atoms with van der Waals surface area (Å²) >= 11 is 0. The van der Waals surface area contributed by atoms with Crippen LogP contribution in [0.1, 0.15) is 20.3 Å². The quantitative estimate of drug-likeness (QED) is 0.621. The van der Waals surface area contributed by atoms with Gasteiger partial charge in [0, 0.05) is 0 Å². The molecule has 0 radical (unpaired) electrons. The number of carboxylic acids is 1. The third-order valence-corrected chi connectivity index (χ3v) is 2.52. The molecule has 0 aromatic carbocycles. The number of hydrogen-bond donors (Lipinski definition) is 2. The summed E-state index contributed by atoms with van der Waals surface area (Å²) in [7, 11) is 1.61. The third-order valence-electron chi connectivity index (χ3n) is 2.52. The number of amides is 1. The summed E-state index contributed by atoms with van der Waals surface area (Å²) in [5.74, 6) is 1.10. The molecule has 0 bridgehead atoms. The zero-order valence-corrected chi connectivity index (χ0v) is 9.86. The van der Waals surface area contributed by atoms with Crippen molar-refractivity contribution in [3.8, 4) is 12.3 Å². The van der Waals surface area contributed by atoms with Gasteiger partial charge in [0.15, 0.2) is 0 Å². The third kappa shape index (κ3) is 3.91. The average Bonchev–Trinajstić information content (AvgIpc) is 2.24. The van der Waals surface area contributed by atoms with Crippen LogP contribution in [-0.4, -0.2) is 47.6 Å². The highest BCUT2D eigenvalue weighted by Crippen LogP contribution is 2.07. The van der Waals surface area contributed by atoms with E-state index in [-0.39, 0.29) is 12.5 Å². The first-order valence-electron chi connectivity index (χ1n) is 5.11. The fraction of sp³-hybridized carbons (Fsp3) is 0.636. The second kappa shape index (κ2) is 6.85. The molecule has 0 fully saturated rings. The monoisotopic (exact) mass is 226 g/mol. The highest BCUT2D eigenvalue weighted by atomic mass is 16.4. The first-order chi connectivity index (χ1) is 7.45. The van der Waals surface area contributed by atoms with Crippen LogP contribution in [0.4, 0.5) is 0 Å². The SMILES string of the molecule is C#CCNC(=O)C(C)N(C)C(CC)C(=O)O. The topological polar surface area (TPSA) is 69.6 Å². The fourth-order valence-electron chi connectivity index (χ4n) is 1.38. The molecule has 0 rings (SSSR count). The molecule has 0 aliphatic heterocycles. The molecule has 0 saturated carbocycles. The minimum atomic E-state index is -0.929. The van der Waals surface area contributed by atoms with E-state index in [0.717, 1.165) is 0 Å². The van der Waals surface area contributed by atoms with Crippen molar-refractivity contribution < 1.29 is 14.7 Å². The highest BCUT2D eigenvalue weighted by molar-refractivity contribution is 5.82. The van der Waals surface area contributed by atoms with Crippen LogP contribution < -0.4 is 5.32 Å². The second-order valence-electron chi connectivity index (χ2n) is 3.53. The maximum absolute atomic E-state index is 11.5. The molecule has 0 heterocycles. The zero-order valence-electron chi connectivity index (χ0n) is 9.86. The molecular formula is C11H18N2O3. The Morgan fingerprint density at radius 2 is 2.12 bits per heavy atom. The Labute approximate surface area is 95.8 Å². The molecule has 0 aromatic rings. The van der Waals surface area contributed by atoms with Gasteiger partial charge in [-0.25, -0.2) is 0 Å². The Kier molecular flexibility index (Phi) is 6.19. The van der Waals surface area contributed by atoms with Crippen LogP contribution in [0.15, 0.2) is 0 Å². The minimum absolute atomic E-state index is 0.154. The Balaban J connectivity index is 4.47. The second-order valence-corrected chi connectivity index (χ2v) is 3.53. The van der Waals surface area contributed by atoms with Gasteiger partial charge in [0.05, 0.1) is 12.6 Å². The van der Waals surface area contributed by atoms with Crippen LogP contribution >= 0.6 is 0 Å². The van der Waals surface area contributed by atoms with Gasteiger partial charge in [0.2, 0.25) is 5.91 Å². The van der Waals surface area contributed by atoms with Gasteiger partial charge in [-0.05, 0) is 20.4 Å². The number of carboxylic acid groups (broad SMARTS) is 1. The lowest BCUT2D eigenvalue weighted by Crippen LogP contribution is -2.50. The number of likely N-dealkylation sites (N-methyl/N-ethyl adjacent to an activating group) is 1. The van der Waals surface area contributed by atoms with E-state index in [4.69, 9.17) is 11.5 Å². The number of aliphatic carboxylic acids is 1. The molecule has 2 atom stereocenters. The molecule has 0 aliphatic carbocycles. The molecule has 5 nitrogen and oxygen atoms in total. The van der Waals surface area contributed by atoms with Crippen molar-refractivity contribution in [2.24, 2.45) is 0 Å². The highest BCUT2D eigenvalue weighted by Gasteiger charge is 2.27. The Morgan fingerprint density at radius 1 is 1.56 bits per heavy atom. The lowest BCUT2D eigenvalue weighted by Gasteiger charge is -2.28. The molecular weight excluding hydrogens is 208 g/mol.